The molecule has 0 aromatic heterocycles. The summed E-state index contributed by atoms with van der Waals surface area (Å²) in [4.78, 5) is 11.6. The van der Waals surface area contributed by atoms with Crippen LogP contribution in [0.2, 0.25) is 0 Å². The fourth-order valence-electron chi connectivity index (χ4n) is 2.20. The van der Waals surface area contributed by atoms with Gasteiger partial charge in [-0.3, -0.25) is 0 Å². The summed E-state index contributed by atoms with van der Waals surface area (Å²) in [6, 6.07) is 0. The van der Waals surface area contributed by atoms with Crippen LogP contribution in [0.1, 0.15) is 52.4 Å². The summed E-state index contributed by atoms with van der Waals surface area (Å²) in [6.07, 6.45) is 6.51. The second kappa shape index (κ2) is 7.66. The van der Waals surface area contributed by atoms with E-state index >= 15 is 0 Å². The van der Waals surface area contributed by atoms with Crippen molar-refractivity contribution in [1.82, 2.24) is 0 Å². The van der Waals surface area contributed by atoms with Gasteiger partial charge in [0.2, 0.25) is 0 Å². The summed E-state index contributed by atoms with van der Waals surface area (Å²) in [7, 11) is 0. The zero-order valence-corrected chi connectivity index (χ0v) is 10.5. The van der Waals surface area contributed by atoms with Gasteiger partial charge in [-0.05, 0) is 32.1 Å². The lowest BCUT2D eigenvalue weighted by atomic mass is 10.1. The first-order chi connectivity index (χ1) is 7.77. The van der Waals surface area contributed by atoms with Gasteiger partial charge in [-0.25, -0.2) is 4.79 Å². The van der Waals surface area contributed by atoms with Crippen LogP contribution in [0.3, 0.4) is 0 Å². The lowest BCUT2D eigenvalue weighted by Crippen LogP contribution is -2.28. The molecule has 0 radical (unpaired) electrons. The van der Waals surface area contributed by atoms with E-state index in [0.717, 1.165) is 19.4 Å². The zero-order chi connectivity index (χ0) is 11.8. The van der Waals surface area contributed by atoms with Gasteiger partial charge in [0.05, 0.1) is 13.2 Å². The van der Waals surface area contributed by atoms with Crippen molar-refractivity contribution in [3.05, 3.63) is 0 Å². The van der Waals surface area contributed by atoms with E-state index < -0.39 is 0 Å². The van der Waals surface area contributed by atoms with Crippen LogP contribution in [0.25, 0.3) is 0 Å². The summed E-state index contributed by atoms with van der Waals surface area (Å²) < 4.78 is 10.7. The Balaban J connectivity index is 2.28. The first-order valence-electron chi connectivity index (χ1n) is 6.56. The van der Waals surface area contributed by atoms with Crippen molar-refractivity contribution < 1.29 is 14.3 Å². The standard InChI is InChI=1S/C13H24O3/c1-3-7-12(13(14)15-4-2)16-10-11-8-5-6-9-11/h11-12H,3-10H2,1-2H3. The highest BCUT2D eigenvalue weighted by molar-refractivity contribution is 5.74. The van der Waals surface area contributed by atoms with Crippen LogP contribution < -0.4 is 0 Å². The maximum atomic E-state index is 11.6. The van der Waals surface area contributed by atoms with Crippen molar-refractivity contribution in [2.24, 2.45) is 5.92 Å². The minimum absolute atomic E-state index is 0.192. The van der Waals surface area contributed by atoms with E-state index in [1.165, 1.54) is 25.7 Å². The van der Waals surface area contributed by atoms with Crippen molar-refractivity contribution >= 4 is 5.97 Å². The average Bonchev–Trinajstić information content (AvgIpc) is 2.77. The van der Waals surface area contributed by atoms with E-state index in [1.54, 1.807) is 0 Å². The van der Waals surface area contributed by atoms with Gasteiger partial charge in [0.1, 0.15) is 0 Å². The molecule has 3 nitrogen and oxygen atoms in total. The van der Waals surface area contributed by atoms with Gasteiger partial charge >= 0.3 is 5.97 Å². The summed E-state index contributed by atoms with van der Waals surface area (Å²) in [5.41, 5.74) is 0. The van der Waals surface area contributed by atoms with E-state index in [-0.39, 0.29) is 12.1 Å². The summed E-state index contributed by atoms with van der Waals surface area (Å²) in [5.74, 6) is 0.469. The quantitative estimate of drug-likeness (QED) is 0.628. The Hall–Kier alpha value is -0.570. The molecular formula is C13H24O3. The van der Waals surface area contributed by atoms with Gasteiger partial charge in [0, 0.05) is 0 Å². The Morgan fingerprint density at radius 1 is 1.31 bits per heavy atom. The lowest BCUT2D eigenvalue weighted by molar-refractivity contribution is -0.158. The lowest BCUT2D eigenvalue weighted by Gasteiger charge is -2.18. The van der Waals surface area contributed by atoms with E-state index in [2.05, 4.69) is 6.92 Å². The highest BCUT2D eigenvalue weighted by atomic mass is 16.6. The van der Waals surface area contributed by atoms with Gasteiger partial charge < -0.3 is 9.47 Å². The maximum absolute atomic E-state index is 11.6. The second-order valence-corrected chi connectivity index (χ2v) is 4.51. The van der Waals surface area contributed by atoms with Crippen LogP contribution in [0.5, 0.6) is 0 Å². The Labute approximate surface area is 98.5 Å². The van der Waals surface area contributed by atoms with Gasteiger partial charge in [-0.2, -0.15) is 0 Å². The molecule has 0 heterocycles. The fraction of sp³-hybridized carbons (Fsp3) is 0.923. The van der Waals surface area contributed by atoms with Gasteiger partial charge in [-0.15, -0.1) is 0 Å². The molecular weight excluding hydrogens is 204 g/mol. The molecule has 1 saturated carbocycles. The number of carbonyl (C=O) groups is 1. The number of hydrogen-bond donors (Lipinski definition) is 0. The van der Waals surface area contributed by atoms with Crippen LogP contribution in [-0.2, 0) is 14.3 Å². The molecule has 3 heteroatoms. The van der Waals surface area contributed by atoms with E-state index in [9.17, 15) is 4.79 Å². The molecule has 1 aliphatic rings. The van der Waals surface area contributed by atoms with Crippen LogP contribution in [-0.4, -0.2) is 25.3 Å². The van der Waals surface area contributed by atoms with Crippen molar-refractivity contribution in [1.29, 1.82) is 0 Å². The molecule has 0 aromatic carbocycles. The number of ether oxygens (including phenoxy) is 2. The smallest absolute Gasteiger partial charge is 0.335 e. The van der Waals surface area contributed by atoms with Gasteiger partial charge in [0.25, 0.3) is 0 Å². The van der Waals surface area contributed by atoms with Crippen molar-refractivity contribution in [2.45, 2.75) is 58.5 Å². The van der Waals surface area contributed by atoms with E-state index in [1.807, 2.05) is 6.92 Å². The molecule has 0 N–H and O–H groups in total. The molecule has 1 rings (SSSR count). The number of esters is 1. The zero-order valence-electron chi connectivity index (χ0n) is 10.5. The first kappa shape index (κ1) is 13.5. The molecule has 1 aliphatic carbocycles. The fourth-order valence-corrected chi connectivity index (χ4v) is 2.20. The number of hydrogen-bond acceptors (Lipinski definition) is 3. The third-order valence-electron chi connectivity index (χ3n) is 3.11. The van der Waals surface area contributed by atoms with Crippen molar-refractivity contribution in [3.63, 3.8) is 0 Å². The molecule has 1 unspecified atom stereocenters. The topological polar surface area (TPSA) is 35.5 Å². The Morgan fingerprint density at radius 3 is 2.56 bits per heavy atom. The maximum Gasteiger partial charge on any atom is 0.335 e. The SMILES string of the molecule is CCCC(OCC1CCCC1)C(=O)OCC. The predicted molar refractivity (Wildman–Crippen MR) is 63.2 cm³/mol. The highest BCUT2D eigenvalue weighted by Crippen LogP contribution is 2.25. The minimum Gasteiger partial charge on any atom is -0.464 e. The molecule has 0 saturated heterocycles. The molecule has 0 aromatic rings. The Bertz CT molecular complexity index is 197. The minimum atomic E-state index is -0.342. The Morgan fingerprint density at radius 2 is 2.00 bits per heavy atom. The molecule has 0 amide bonds. The molecule has 94 valence electrons. The van der Waals surface area contributed by atoms with Crippen molar-refractivity contribution in [2.75, 3.05) is 13.2 Å². The molecule has 0 bridgehead atoms. The second-order valence-electron chi connectivity index (χ2n) is 4.51. The Kier molecular flexibility index (Phi) is 6.46. The number of rotatable bonds is 7. The predicted octanol–water partition coefficient (Wildman–Crippen LogP) is 2.93. The van der Waals surface area contributed by atoms with Crippen LogP contribution >= 0.6 is 0 Å². The third kappa shape index (κ3) is 4.52. The average molecular weight is 228 g/mol. The molecule has 1 fully saturated rings. The largest absolute Gasteiger partial charge is 0.464 e. The molecule has 0 spiro atoms. The van der Waals surface area contributed by atoms with E-state index in [0.29, 0.717) is 12.5 Å². The molecule has 16 heavy (non-hydrogen) atoms. The van der Waals surface area contributed by atoms with E-state index in [4.69, 9.17) is 9.47 Å². The third-order valence-corrected chi connectivity index (χ3v) is 3.11. The summed E-state index contributed by atoms with van der Waals surface area (Å²) in [5, 5.41) is 0. The summed E-state index contributed by atoms with van der Waals surface area (Å²) in [6.45, 7) is 5.05. The monoisotopic (exact) mass is 228 g/mol. The van der Waals surface area contributed by atoms with Crippen LogP contribution in [0.15, 0.2) is 0 Å². The summed E-state index contributed by atoms with van der Waals surface area (Å²) >= 11 is 0. The molecule has 0 aliphatic heterocycles. The van der Waals surface area contributed by atoms with Crippen LogP contribution in [0.4, 0.5) is 0 Å². The normalized spacial score (nSPS) is 18.6. The highest BCUT2D eigenvalue weighted by Gasteiger charge is 2.22. The van der Waals surface area contributed by atoms with Gasteiger partial charge in [0.15, 0.2) is 6.10 Å². The van der Waals surface area contributed by atoms with Crippen LogP contribution in [0, 0.1) is 5.92 Å². The molecule has 1 atom stereocenters. The van der Waals surface area contributed by atoms with Crippen molar-refractivity contribution in [3.8, 4) is 0 Å². The number of carbonyl (C=O) groups excluding carboxylic acids is 1. The van der Waals surface area contributed by atoms with Gasteiger partial charge in [-0.1, -0.05) is 26.2 Å². The first-order valence-corrected chi connectivity index (χ1v) is 6.56.